The van der Waals surface area contributed by atoms with Crippen molar-refractivity contribution >= 4 is 0 Å². The molecule has 33 heavy (non-hydrogen) atoms. The Bertz CT molecular complexity index is 1370. The van der Waals surface area contributed by atoms with Crippen LogP contribution >= 0.6 is 0 Å². The maximum absolute atomic E-state index is 13.2. The van der Waals surface area contributed by atoms with Crippen molar-refractivity contribution in [3.05, 3.63) is 95.6 Å². The van der Waals surface area contributed by atoms with Crippen LogP contribution in [0.25, 0.3) is 17.1 Å². The molecule has 0 bridgehead atoms. The van der Waals surface area contributed by atoms with Crippen LogP contribution in [-0.4, -0.2) is 16.4 Å². The summed E-state index contributed by atoms with van der Waals surface area (Å²) in [4.78, 5) is 0. The Balaban J connectivity index is 1.82. The van der Waals surface area contributed by atoms with E-state index in [2.05, 4.69) is 6.07 Å². The Hall–Kier alpha value is -4.58. The van der Waals surface area contributed by atoms with Crippen LogP contribution in [0.1, 0.15) is 17.0 Å². The van der Waals surface area contributed by atoms with E-state index in [9.17, 15) is 14.0 Å². The molecule has 5 rings (SSSR count). The number of hydrogen-bond acceptors (Lipinski definition) is 6. The topological polar surface area (TPSA) is 99.2 Å². The van der Waals surface area contributed by atoms with Crippen LogP contribution < -0.4 is 15.2 Å². The van der Waals surface area contributed by atoms with Crippen molar-refractivity contribution in [3.8, 4) is 34.8 Å². The summed E-state index contributed by atoms with van der Waals surface area (Å²) < 4.78 is 44.1. The standard InChI is InChI=1S/C24H16F2N4O3/c25-24(26)32-17-10-5-4-9-15(17)19-16(13-27)22(28)33-23-20(19)21(18-11-6-12-31-18)29-30(23)14-7-2-1-3-8-14/h1-12,19,24H,28H2/t19-/m1/s1. The van der Waals surface area contributed by atoms with Crippen molar-refractivity contribution in [3.63, 3.8) is 0 Å². The van der Waals surface area contributed by atoms with Gasteiger partial charge in [0.15, 0.2) is 5.76 Å². The second-order valence-corrected chi connectivity index (χ2v) is 7.13. The van der Waals surface area contributed by atoms with Crippen LogP contribution in [-0.2, 0) is 0 Å². The first-order chi connectivity index (χ1) is 16.1. The third-order valence-corrected chi connectivity index (χ3v) is 5.25. The average Bonchev–Trinajstić information content (AvgIpc) is 3.47. The molecule has 0 saturated heterocycles. The number of aromatic nitrogens is 2. The fourth-order valence-electron chi connectivity index (χ4n) is 3.91. The van der Waals surface area contributed by atoms with E-state index in [0.717, 1.165) is 0 Å². The van der Waals surface area contributed by atoms with E-state index in [1.54, 1.807) is 30.3 Å². The molecule has 0 saturated carbocycles. The number of para-hydroxylation sites is 2. The Morgan fingerprint density at radius 1 is 1.06 bits per heavy atom. The van der Waals surface area contributed by atoms with Crippen molar-refractivity contribution in [2.75, 3.05) is 0 Å². The predicted molar refractivity (Wildman–Crippen MR) is 114 cm³/mol. The normalized spacial score (nSPS) is 15.2. The first-order valence-electron chi connectivity index (χ1n) is 9.92. The van der Waals surface area contributed by atoms with E-state index in [-0.39, 0.29) is 23.1 Å². The molecule has 0 aliphatic carbocycles. The molecule has 0 unspecified atom stereocenters. The number of nitriles is 1. The third kappa shape index (κ3) is 3.47. The van der Waals surface area contributed by atoms with Crippen molar-refractivity contribution in [2.24, 2.45) is 5.73 Å². The molecule has 0 radical (unpaired) electrons. The van der Waals surface area contributed by atoms with E-state index < -0.39 is 12.5 Å². The number of furan rings is 1. The first kappa shape index (κ1) is 20.3. The van der Waals surface area contributed by atoms with E-state index in [1.165, 1.54) is 17.0 Å². The van der Waals surface area contributed by atoms with Gasteiger partial charge in [0, 0.05) is 5.56 Å². The Morgan fingerprint density at radius 3 is 2.52 bits per heavy atom. The van der Waals surface area contributed by atoms with Gasteiger partial charge in [-0.3, -0.25) is 0 Å². The van der Waals surface area contributed by atoms with E-state index in [1.807, 2.05) is 30.3 Å². The lowest BCUT2D eigenvalue weighted by molar-refractivity contribution is -0.0504. The molecule has 164 valence electrons. The number of rotatable bonds is 5. The fourth-order valence-corrected chi connectivity index (χ4v) is 3.91. The van der Waals surface area contributed by atoms with Gasteiger partial charge in [0.05, 0.1) is 23.4 Å². The Morgan fingerprint density at radius 2 is 1.82 bits per heavy atom. The monoisotopic (exact) mass is 446 g/mol. The molecule has 2 aromatic carbocycles. The average molecular weight is 446 g/mol. The zero-order valence-corrected chi connectivity index (χ0v) is 17.0. The molecule has 3 heterocycles. The zero-order chi connectivity index (χ0) is 22.9. The summed E-state index contributed by atoms with van der Waals surface area (Å²) in [7, 11) is 0. The second-order valence-electron chi connectivity index (χ2n) is 7.13. The van der Waals surface area contributed by atoms with E-state index in [0.29, 0.717) is 28.3 Å². The van der Waals surface area contributed by atoms with Gasteiger partial charge in [-0.05, 0) is 30.3 Å². The minimum absolute atomic E-state index is 0.0493. The summed E-state index contributed by atoms with van der Waals surface area (Å²) in [6, 6.07) is 20.9. The molecule has 1 aliphatic rings. The first-order valence-corrected chi connectivity index (χ1v) is 9.92. The van der Waals surface area contributed by atoms with Crippen molar-refractivity contribution in [1.29, 1.82) is 5.26 Å². The van der Waals surface area contributed by atoms with Gasteiger partial charge in [-0.1, -0.05) is 36.4 Å². The molecular formula is C24H16F2N4O3. The van der Waals surface area contributed by atoms with Gasteiger partial charge in [-0.15, -0.1) is 0 Å². The highest BCUT2D eigenvalue weighted by atomic mass is 19.3. The highest BCUT2D eigenvalue weighted by molar-refractivity contribution is 5.70. The highest BCUT2D eigenvalue weighted by Crippen LogP contribution is 2.49. The fraction of sp³-hybridized carbons (Fsp3) is 0.0833. The van der Waals surface area contributed by atoms with E-state index >= 15 is 0 Å². The van der Waals surface area contributed by atoms with Gasteiger partial charge in [-0.25, -0.2) is 0 Å². The quantitative estimate of drug-likeness (QED) is 0.466. The van der Waals surface area contributed by atoms with Gasteiger partial charge in [0.2, 0.25) is 11.8 Å². The maximum atomic E-state index is 13.2. The number of ether oxygens (including phenoxy) is 2. The van der Waals surface area contributed by atoms with E-state index in [4.69, 9.17) is 24.7 Å². The molecule has 1 atom stereocenters. The van der Waals surface area contributed by atoms with Crippen LogP contribution in [0.3, 0.4) is 0 Å². The molecule has 4 aromatic rings. The molecule has 7 nitrogen and oxygen atoms in total. The number of halogens is 2. The van der Waals surface area contributed by atoms with Crippen LogP contribution in [0.5, 0.6) is 11.6 Å². The predicted octanol–water partition coefficient (Wildman–Crippen LogP) is 4.95. The SMILES string of the molecule is N#CC1=C(N)Oc2c(c(-c3ccco3)nn2-c2ccccc2)[C@@H]1c1ccccc1OC(F)F. The van der Waals surface area contributed by atoms with Gasteiger partial charge in [-0.2, -0.15) is 23.8 Å². The number of nitrogens with two attached hydrogens (primary N) is 1. The van der Waals surface area contributed by atoms with Crippen LogP contribution in [0.15, 0.2) is 88.9 Å². The highest BCUT2D eigenvalue weighted by Gasteiger charge is 2.39. The molecule has 1 aliphatic heterocycles. The number of benzene rings is 2. The molecule has 9 heteroatoms. The van der Waals surface area contributed by atoms with Gasteiger partial charge in [0.1, 0.15) is 23.1 Å². The van der Waals surface area contributed by atoms with Gasteiger partial charge < -0.3 is 19.6 Å². The number of allylic oxidation sites excluding steroid dienone is 1. The third-order valence-electron chi connectivity index (χ3n) is 5.25. The maximum Gasteiger partial charge on any atom is 0.387 e. The van der Waals surface area contributed by atoms with Crippen LogP contribution in [0.2, 0.25) is 0 Å². The van der Waals surface area contributed by atoms with Crippen molar-refractivity contribution in [2.45, 2.75) is 12.5 Å². The van der Waals surface area contributed by atoms with Crippen LogP contribution in [0.4, 0.5) is 8.78 Å². The number of nitrogens with zero attached hydrogens (tertiary/aromatic N) is 3. The minimum Gasteiger partial charge on any atom is -0.463 e. The molecule has 0 fully saturated rings. The van der Waals surface area contributed by atoms with Crippen molar-refractivity contribution < 1.29 is 22.7 Å². The summed E-state index contributed by atoms with van der Waals surface area (Å²) in [5.74, 6) is -0.444. The largest absolute Gasteiger partial charge is 0.463 e. The van der Waals surface area contributed by atoms with Gasteiger partial charge in [0.25, 0.3) is 0 Å². The summed E-state index contributed by atoms with van der Waals surface area (Å²) in [5, 5.41) is 14.6. The summed E-state index contributed by atoms with van der Waals surface area (Å²) >= 11 is 0. The lowest BCUT2D eigenvalue weighted by atomic mass is 9.83. The van der Waals surface area contributed by atoms with Crippen molar-refractivity contribution in [1.82, 2.24) is 9.78 Å². The molecule has 2 aromatic heterocycles. The smallest absolute Gasteiger partial charge is 0.387 e. The Labute approximate surface area is 186 Å². The molecule has 0 spiro atoms. The summed E-state index contributed by atoms with van der Waals surface area (Å²) in [6.07, 6.45) is 1.49. The summed E-state index contributed by atoms with van der Waals surface area (Å²) in [6.45, 7) is -3.05. The molecule has 0 amide bonds. The molecular weight excluding hydrogens is 430 g/mol. The van der Waals surface area contributed by atoms with Crippen LogP contribution in [0, 0.1) is 11.3 Å². The summed E-state index contributed by atoms with van der Waals surface area (Å²) in [5.41, 5.74) is 8.02. The minimum atomic E-state index is -3.05. The van der Waals surface area contributed by atoms with Gasteiger partial charge >= 0.3 is 6.61 Å². The lowest BCUT2D eigenvalue weighted by Crippen LogP contribution is -2.22. The number of alkyl halides is 2. The molecule has 2 N–H and O–H groups in total. The Kier molecular flexibility index (Phi) is 5.03. The zero-order valence-electron chi connectivity index (χ0n) is 17.0. The number of hydrogen-bond donors (Lipinski definition) is 1. The number of fused-ring (bicyclic) bond motifs is 1. The lowest BCUT2D eigenvalue weighted by Gasteiger charge is -2.26. The second kappa shape index (κ2) is 8.16.